The van der Waals surface area contributed by atoms with E-state index in [1.807, 2.05) is 6.08 Å². The molecule has 0 radical (unpaired) electrons. The van der Waals surface area contributed by atoms with Crippen molar-refractivity contribution in [1.29, 1.82) is 0 Å². The summed E-state index contributed by atoms with van der Waals surface area (Å²) < 4.78 is 28.5. The average Bonchev–Trinajstić information content (AvgIpc) is 3.32. The predicted octanol–water partition coefficient (Wildman–Crippen LogP) is 0.605. The molecule has 9 N–H and O–H groups in total. The van der Waals surface area contributed by atoms with Gasteiger partial charge in [0, 0.05) is 19.4 Å². The lowest BCUT2D eigenvalue weighted by atomic mass is 9.43. The first kappa shape index (κ1) is 42.8. The standard InChI is InChI=1S/C40H68O14/c1-19(2)21(11-14-51-36-33(48)29(44)25(42)17-52-36)8-7-20(3)28-31(46)32(47)35-39(28,5)13-10-27-38(4)12-9-22(15-23(38)24(41)16-40(27,35)49)54-37-34(50-6)30(45)26(43)18-53-37/h15,19-22,24-37,41-49H,7-14,16-18H2,1-6H3/t20-,21-,22+,24-,25-,26-,27?,28+,29+,30+,31-,32+,33-,34-,35?,36-,37+,38+,39-,40+/m1/s1. The third kappa shape index (κ3) is 7.49. The molecule has 5 fully saturated rings. The lowest BCUT2D eigenvalue weighted by Crippen LogP contribution is -2.66. The van der Waals surface area contributed by atoms with Gasteiger partial charge in [0.05, 0.1) is 49.8 Å². The fraction of sp³-hybridized carbons (Fsp3) is 0.950. The fourth-order valence-electron chi connectivity index (χ4n) is 12.1. The van der Waals surface area contributed by atoms with E-state index in [1.165, 1.54) is 7.11 Å². The molecule has 2 saturated heterocycles. The van der Waals surface area contributed by atoms with Crippen molar-refractivity contribution < 1.29 is 69.6 Å². The molecule has 14 nitrogen and oxygen atoms in total. The Morgan fingerprint density at radius 1 is 0.796 bits per heavy atom. The Bertz CT molecular complexity index is 1300. The van der Waals surface area contributed by atoms with Gasteiger partial charge in [-0.25, -0.2) is 0 Å². The van der Waals surface area contributed by atoms with Crippen LogP contribution in [-0.4, -0.2) is 152 Å². The van der Waals surface area contributed by atoms with Gasteiger partial charge in [0.25, 0.3) is 0 Å². The minimum Gasteiger partial charge on any atom is -0.390 e. The summed E-state index contributed by atoms with van der Waals surface area (Å²) >= 11 is 0. The summed E-state index contributed by atoms with van der Waals surface area (Å²) in [5.41, 5.74) is -1.77. The van der Waals surface area contributed by atoms with Crippen LogP contribution in [0.5, 0.6) is 0 Å². The molecule has 54 heavy (non-hydrogen) atoms. The summed E-state index contributed by atoms with van der Waals surface area (Å²) in [5.74, 6) is -0.552. The summed E-state index contributed by atoms with van der Waals surface area (Å²) in [6.07, 6.45) is -5.63. The van der Waals surface area contributed by atoms with Crippen molar-refractivity contribution in [2.75, 3.05) is 26.9 Å². The van der Waals surface area contributed by atoms with E-state index < -0.39 is 96.0 Å². The van der Waals surface area contributed by atoms with Crippen LogP contribution in [0.3, 0.4) is 0 Å². The van der Waals surface area contributed by atoms with Crippen LogP contribution < -0.4 is 0 Å². The van der Waals surface area contributed by atoms with Crippen LogP contribution in [0.1, 0.15) is 86.0 Å². The van der Waals surface area contributed by atoms with E-state index in [-0.39, 0.29) is 43.3 Å². The maximum atomic E-state index is 12.8. The molecule has 0 aromatic rings. The molecule has 0 amide bonds. The smallest absolute Gasteiger partial charge is 0.187 e. The topological polar surface area (TPSA) is 228 Å². The second kappa shape index (κ2) is 16.4. The normalized spacial score (nSPS) is 50.5. The summed E-state index contributed by atoms with van der Waals surface area (Å²) in [5, 5.41) is 98.7. The second-order valence-corrected chi connectivity index (χ2v) is 18.5. The van der Waals surface area contributed by atoms with Crippen LogP contribution in [0, 0.1) is 46.3 Å². The molecule has 4 aliphatic carbocycles. The largest absolute Gasteiger partial charge is 0.390 e. The van der Waals surface area contributed by atoms with Crippen molar-refractivity contribution in [3.8, 4) is 0 Å². The van der Waals surface area contributed by atoms with Crippen LogP contribution >= 0.6 is 0 Å². The minimum absolute atomic E-state index is 0.0248. The van der Waals surface area contributed by atoms with Gasteiger partial charge >= 0.3 is 0 Å². The SMILES string of the molecule is CO[C@H]1[C@H](O[C@@H]2C=C3[C@H](O)C[C@]4(O)C(CC[C@@]5(C)C4[C@@H](O)[C@H](O)[C@@H]5[C@H](C)CC[C@H](CCO[C@@H]4OC[C@@H](O)[C@H](O)[C@H]4O)C(C)C)[C@@]3(C)CC2)OC[C@@H](O)[C@@H]1O. The Kier molecular flexibility index (Phi) is 13.0. The number of hydrogen-bond donors (Lipinski definition) is 9. The van der Waals surface area contributed by atoms with E-state index in [0.29, 0.717) is 44.6 Å². The highest BCUT2D eigenvalue weighted by Gasteiger charge is 2.72. The highest BCUT2D eigenvalue weighted by molar-refractivity contribution is 5.33. The highest BCUT2D eigenvalue weighted by Crippen LogP contribution is 2.69. The first-order valence-corrected chi connectivity index (χ1v) is 20.3. The van der Waals surface area contributed by atoms with Gasteiger partial charge in [0.15, 0.2) is 12.6 Å². The Morgan fingerprint density at radius 2 is 1.46 bits per heavy atom. The van der Waals surface area contributed by atoms with Crippen molar-refractivity contribution in [3.63, 3.8) is 0 Å². The van der Waals surface area contributed by atoms with E-state index in [9.17, 15) is 46.0 Å². The average molecular weight is 773 g/mol. The molecule has 14 heteroatoms. The summed E-state index contributed by atoms with van der Waals surface area (Å²) in [4.78, 5) is 0. The van der Waals surface area contributed by atoms with Crippen molar-refractivity contribution in [2.45, 2.75) is 165 Å². The zero-order valence-electron chi connectivity index (χ0n) is 32.8. The Morgan fingerprint density at radius 3 is 2.13 bits per heavy atom. The molecule has 3 saturated carbocycles. The first-order chi connectivity index (χ1) is 25.4. The third-order valence-corrected chi connectivity index (χ3v) is 15.1. The fourth-order valence-corrected chi connectivity index (χ4v) is 12.1. The molecule has 0 aromatic carbocycles. The molecular formula is C40H68O14. The highest BCUT2D eigenvalue weighted by atomic mass is 16.7. The molecule has 0 bridgehead atoms. The molecule has 0 aromatic heterocycles. The lowest BCUT2D eigenvalue weighted by Gasteiger charge is -2.64. The molecule has 312 valence electrons. The molecule has 6 aliphatic rings. The number of rotatable bonds is 12. The number of hydrogen-bond acceptors (Lipinski definition) is 14. The Hall–Kier alpha value is -0.820. The van der Waals surface area contributed by atoms with Crippen molar-refractivity contribution >= 4 is 0 Å². The minimum atomic E-state index is -1.41. The van der Waals surface area contributed by atoms with Crippen LogP contribution in [0.4, 0.5) is 0 Å². The molecule has 6 rings (SSSR count). The molecule has 2 unspecified atom stereocenters. The zero-order valence-corrected chi connectivity index (χ0v) is 32.8. The maximum Gasteiger partial charge on any atom is 0.187 e. The Labute approximate surface area is 319 Å². The first-order valence-electron chi connectivity index (χ1n) is 20.3. The van der Waals surface area contributed by atoms with Gasteiger partial charge in [-0.05, 0) is 84.5 Å². The number of aliphatic hydroxyl groups excluding tert-OH is 8. The van der Waals surface area contributed by atoms with E-state index in [2.05, 4.69) is 34.6 Å². The molecule has 2 aliphatic heterocycles. The second-order valence-electron chi connectivity index (χ2n) is 18.5. The van der Waals surface area contributed by atoms with Crippen molar-refractivity contribution in [2.24, 2.45) is 46.3 Å². The predicted molar refractivity (Wildman–Crippen MR) is 193 cm³/mol. The monoisotopic (exact) mass is 772 g/mol. The van der Waals surface area contributed by atoms with Crippen LogP contribution in [0.2, 0.25) is 0 Å². The van der Waals surface area contributed by atoms with E-state index >= 15 is 0 Å². The summed E-state index contributed by atoms with van der Waals surface area (Å²) in [6, 6.07) is 0. The van der Waals surface area contributed by atoms with Gasteiger partial charge < -0.3 is 69.6 Å². The van der Waals surface area contributed by atoms with Crippen molar-refractivity contribution in [1.82, 2.24) is 0 Å². The maximum absolute atomic E-state index is 12.8. The van der Waals surface area contributed by atoms with Gasteiger partial charge in [-0.1, -0.05) is 47.1 Å². The molecule has 0 spiro atoms. The van der Waals surface area contributed by atoms with Gasteiger partial charge in [0.1, 0.15) is 36.6 Å². The van der Waals surface area contributed by atoms with Gasteiger partial charge in [-0.2, -0.15) is 0 Å². The summed E-state index contributed by atoms with van der Waals surface area (Å²) in [6.45, 7) is 10.7. The Balaban J connectivity index is 1.12. The van der Waals surface area contributed by atoms with Crippen LogP contribution in [-0.2, 0) is 23.7 Å². The molecular weight excluding hydrogens is 704 g/mol. The van der Waals surface area contributed by atoms with Crippen LogP contribution in [0.25, 0.3) is 0 Å². The van der Waals surface area contributed by atoms with Crippen LogP contribution in [0.15, 0.2) is 11.6 Å². The number of fused-ring (bicyclic) bond motifs is 5. The number of ether oxygens (including phenoxy) is 5. The lowest BCUT2D eigenvalue weighted by molar-refractivity contribution is -0.285. The zero-order chi connectivity index (χ0) is 39.5. The van der Waals surface area contributed by atoms with E-state index in [0.717, 1.165) is 18.4 Å². The third-order valence-electron chi connectivity index (χ3n) is 15.1. The van der Waals surface area contributed by atoms with E-state index in [1.54, 1.807) is 0 Å². The van der Waals surface area contributed by atoms with Gasteiger partial charge in [0.2, 0.25) is 0 Å². The van der Waals surface area contributed by atoms with Gasteiger partial charge in [-0.3, -0.25) is 0 Å². The number of aliphatic hydroxyl groups is 9. The van der Waals surface area contributed by atoms with Gasteiger partial charge in [-0.15, -0.1) is 0 Å². The molecule has 20 atom stereocenters. The van der Waals surface area contributed by atoms with Crippen molar-refractivity contribution in [3.05, 3.63) is 11.6 Å². The quantitative estimate of drug-likeness (QED) is 0.124. The molecule has 2 heterocycles. The number of methoxy groups -OCH3 is 1. The van der Waals surface area contributed by atoms with E-state index in [4.69, 9.17) is 23.7 Å². The summed E-state index contributed by atoms with van der Waals surface area (Å²) in [7, 11) is 1.42.